The van der Waals surface area contributed by atoms with Gasteiger partial charge in [-0.05, 0) is 51.1 Å². The van der Waals surface area contributed by atoms with E-state index in [1.807, 2.05) is 20.8 Å². The Bertz CT molecular complexity index is 1360. The lowest BCUT2D eigenvalue weighted by molar-refractivity contribution is 0.0996. The van der Waals surface area contributed by atoms with E-state index in [1.54, 1.807) is 28.8 Å². The number of carbonyl (C=O) groups excluding carboxylic acids is 1. The summed E-state index contributed by atoms with van der Waals surface area (Å²) in [5, 5.41) is 5.26. The molecule has 0 bridgehead atoms. The molecule has 1 heterocycles. The highest BCUT2D eigenvalue weighted by Gasteiger charge is 2.19. The minimum atomic E-state index is -3.87. The molecule has 182 valence electrons. The lowest BCUT2D eigenvalue weighted by atomic mass is 10.1. The molecule has 0 unspecified atom stereocenters. The van der Waals surface area contributed by atoms with E-state index in [0.717, 1.165) is 0 Å². The van der Waals surface area contributed by atoms with Gasteiger partial charge in [-0.15, -0.1) is 6.58 Å². The molecular weight excluding hydrogens is 478 g/mol. The fourth-order valence-corrected chi connectivity index (χ4v) is 4.98. The maximum atomic E-state index is 13.2. The molecule has 2 aromatic carbocycles. The smallest absolute Gasteiger partial charge is 0.279 e. The molecule has 0 atom stereocenters. The fourth-order valence-electron chi connectivity index (χ4n) is 3.28. The molecule has 0 aliphatic carbocycles. The number of nitrogens with two attached hydrogens (primary N) is 1. The largest absolute Gasteiger partial charge is 0.490 e. The number of allylic oxidation sites excluding steroid dienone is 1. The van der Waals surface area contributed by atoms with Gasteiger partial charge in [0.2, 0.25) is 15.8 Å². The molecule has 34 heavy (non-hydrogen) atoms. The van der Waals surface area contributed by atoms with Gasteiger partial charge in [0.25, 0.3) is 5.91 Å². The lowest BCUT2D eigenvalue weighted by Gasteiger charge is -2.16. The van der Waals surface area contributed by atoms with Crippen molar-refractivity contribution in [1.29, 1.82) is 0 Å². The van der Waals surface area contributed by atoms with Crippen LogP contribution in [-0.4, -0.2) is 38.7 Å². The number of benzene rings is 2. The zero-order chi connectivity index (χ0) is 24.9. The Balaban J connectivity index is 2.17. The number of fused-ring (bicyclic) bond motifs is 1. The molecule has 9 nitrogen and oxygen atoms in total. The molecule has 0 saturated carbocycles. The summed E-state index contributed by atoms with van der Waals surface area (Å²) in [6, 6.07) is 7.68. The fraction of sp³-hybridized carbons (Fsp3) is 0.304. The van der Waals surface area contributed by atoms with Crippen molar-refractivity contribution in [2.45, 2.75) is 32.2 Å². The maximum Gasteiger partial charge on any atom is 0.279 e. The van der Waals surface area contributed by atoms with Crippen molar-refractivity contribution in [3.05, 3.63) is 53.4 Å². The van der Waals surface area contributed by atoms with Crippen LogP contribution in [0.1, 0.15) is 31.1 Å². The van der Waals surface area contributed by atoms with Crippen molar-refractivity contribution in [2.24, 2.45) is 10.1 Å². The minimum Gasteiger partial charge on any atom is -0.490 e. The second-order valence-electron chi connectivity index (χ2n) is 6.98. The number of thiazole rings is 1. The van der Waals surface area contributed by atoms with Gasteiger partial charge >= 0.3 is 0 Å². The Hall–Kier alpha value is -3.15. The Morgan fingerprint density at radius 2 is 1.71 bits per heavy atom. The van der Waals surface area contributed by atoms with Gasteiger partial charge in [0.05, 0.1) is 34.9 Å². The average molecular weight is 506 g/mol. The normalized spacial score (nSPS) is 12.1. The zero-order valence-electron chi connectivity index (χ0n) is 19.2. The molecule has 3 aromatic rings. The van der Waals surface area contributed by atoms with Crippen LogP contribution < -0.4 is 24.2 Å². The van der Waals surface area contributed by atoms with E-state index in [-0.39, 0.29) is 10.5 Å². The molecule has 2 N–H and O–H groups in total. The van der Waals surface area contributed by atoms with Crippen LogP contribution in [0.2, 0.25) is 0 Å². The number of carbonyl (C=O) groups is 1. The molecule has 0 saturated heterocycles. The SMILES string of the molecule is C=CCn1c(=NC(=O)c2cc(OCC)c(OCC)c(OCC)c2)sc2cc(S(N)(=O)=O)ccc21. The number of amides is 1. The van der Waals surface area contributed by atoms with Crippen LogP contribution in [0, 0.1) is 0 Å². The van der Waals surface area contributed by atoms with Gasteiger partial charge < -0.3 is 18.8 Å². The second-order valence-corrected chi connectivity index (χ2v) is 9.55. The highest BCUT2D eigenvalue weighted by Crippen LogP contribution is 2.39. The van der Waals surface area contributed by atoms with E-state index in [0.29, 0.717) is 58.6 Å². The summed E-state index contributed by atoms with van der Waals surface area (Å²) >= 11 is 1.18. The Morgan fingerprint density at radius 3 is 2.24 bits per heavy atom. The summed E-state index contributed by atoms with van der Waals surface area (Å²) in [5.41, 5.74) is 0.976. The summed E-state index contributed by atoms with van der Waals surface area (Å²) in [6.07, 6.45) is 1.67. The topological polar surface area (TPSA) is 122 Å². The highest BCUT2D eigenvalue weighted by molar-refractivity contribution is 7.89. The molecule has 0 aliphatic rings. The summed E-state index contributed by atoms with van der Waals surface area (Å²) < 4.78 is 43.0. The van der Waals surface area contributed by atoms with Crippen LogP contribution in [0.25, 0.3) is 10.2 Å². The summed E-state index contributed by atoms with van der Waals surface area (Å²) in [7, 11) is -3.87. The number of primary sulfonamides is 1. The average Bonchev–Trinajstić information content (AvgIpc) is 3.12. The molecular formula is C23H27N3O6S2. The molecule has 0 spiro atoms. The molecule has 3 rings (SSSR count). The number of hydrogen-bond donors (Lipinski definition) is 1. The van der Waals surface area contributed by atoms with E-state index in [9.17, 15) is 13.2 Å². The molecule has 11 heteroatoms. The van der Waals surface area contributed by atoms with E-state index in [1.165, 1.54) is 23.5 Å². The van der Waals surface area contributed by atoms with Gasteiger partial charge in [0.15, 0.2) is 16.3 Å². The molecule has 1 amide bonds. The predicted octanol–water partition coefficient (Wildman–Crippen LogP) is 3.47. The van der Waals surface area contributed by atoms with Crippen molar-refractivity contribution in [3.8, 4) is 17.2 Å². The van der Waals surface area contributed by atoms with E-state index < -0.39 is 15.9 Å². The first-order valence-corrected chi connectivity index (χ1v) is 13.0. The van der Waals surface area contributed by atoms with Gasteiger partial charge in [-0.1, -0.05) is 17.4 Å². The predicted molar refractivity (Wildman–Crippen MR) is 131 cm³/mol. The zero-order valence-corrected chi connectivity index (χ0v) is 20.9. The Labute approximate surface area is 202 Å². The highest BCUT2D eigenvalue weighted by atomic mass is 32.2. The quantitative estimate of drug-likeness (QED) is 0.421. The molecule has 0 radical (unpaired) electrons. The maximum absolute atomic E-state index is 13.2. The Kier molecular flexibility index (Phi) is 8.13. The first kappa shape index (κ1) is 25.5. The van der Waals surface area contributed by atoms with Gasteiger partial charge in [0, 0.05) is 12.1 Å². The van der Waals surface area contributed by atoms with Crippen LogP contribution >= 0.6 is 11.3 Å². The van der Waals surface area contributed by atoms with Crippen LogP contribution in [0.15, 0.2) is 52.9 Å². The first-order chi connectivity index (χ1) is 16.2. The summed E-state index contributed by atoms with van der Waals surface area (Å²) in [4.78, 5) is 17.9. The van der Waals surface area contributed by atoms with Crippen LogP contribution in [0.5, 0.6) is 17.2 Å². The van der Waals surface area contributed by atoms with Crippen molar-refractivity contribution in [2.75, 3.05) is 19.8 Å². The van der Waals surface area contributed by atoms with Gasteiger partial charge in [-0.3, -0.25) is 4.79 Å². The van der Waals surface area contributed by atoms with E-state index >= 15 is 0 Å². The number of aromatic nitrogens is 1. The summed E-state index contributed by atoms with van der Waals surface area (Å²) in [6.45, 7) is 10.8. The third-order valence-corrected chi connectivity index (χ3v) is 6.60. The van der Waals surface area contributed by atoms with Crippen LogP contribution in [-0.2, 0) is 16.6 Å². The first-order valence-electron chi connectivity index (χ1n) is 10.7. The van der Waals surface area contributed by atoms with Gasteiger partial charge in [0.1, 0.15) is 0 Å². The molecule has 0 aliphatic heterocycles. The summed E-state index contributed by atoms with van der Waals surface area (Å²) in [5.74, 6) is 0.701. The standard InChI is InChI=1S/C23H27N3O6S2/c1-5-11-26-17-10-9-16(34(24,28)29)14-20(17)33-23(26)25-22(27)15-12-18(30-6-2)21(32-8-4)19(13-15)31-7-3/h5,9-10,12-14H,1,6-8,11H2,2-4H3,(H2,24,28,29). The third kappa shape index (κ3) is 5.49. The van der Waals surface area contributed by atoms with E-state index in [2.05, 4.69) is 11.6 Å². The number of hydrogen-bond acceptors (Lipinski definition) is 7. The van der Waals surface area contributed by atoms with Crippen molar-refractivity contribution >= 4 is 37.5 Å². The monoisotopic (exact) mass is 505 g/mol. The molecule has 0 fully saturated rings. The number of ether oxygens (including phenoxy) is 3. The Morgan fingerprint density at radius 1 is 1.09 bits per heavy atom. The number of rotatable bonds is 10. The third-order valence-electron chi connectivity index (χ3n) is 4.65. The van der Waals surface area contributed by atoms with Crippen molar-refractivity contribution in [3.63, 3.8) is 0 Å². The van der Waals surface area contributed by atoms with Crippen molar-refractivity contribution in [1.82, 2.24) is 4.57 Å². The molecule has 1 aromatic heterocycles. The van der Waals surface area contributed by atoms with Gasteiger partial charge in [-0.2, -0.15) is 4.99 Å². The van der Waals surface area contributed by atoms with E-state index in [4.69, 9.17) is 19.3 Å². The lowest BCUT2D eigenvalue weighted by Crippen LogP contribution is -2.16. The minimum absolute atomic E-state index is 0.0147. The number of nitrogens with zero attached hydrogens (tertiary/aromatic N) is 2. The van der Waals surface area contributed by atoms with Crippen LogP contribution in [0.4, 0.5) is 0 Å². The van der Waals surface area contributed by atoms with Gasteiger partial charge in [-0.25, -0.2) is 13.6 Å². The van der Waals surface area contributed by atoms with Crippen molar-refractivity contribution < 1.29 is 27.4 Å². The van der Waals surface area contributed by atoms with Crippen LogP contribution in [0.3, 0.4) is 0 Å². The second kappa shape index (κ2) is 10.9. The number of sulfonamides is 1.